The van der Waals surface area contributed by atoms with Gasteiger partial charge in [-0.15, -0.1) is 11.8 Å². The Hall–Kier alpha value is -1.73. The van der Waals surface area contributed by atoms with E-state index in [2.05, 4.69) is 30.3 Å². The first-order valence-corrected chi connectivity index (χ1v) is 11.4. The van der Waals surface area contributed by atoms with Crippen LogP contribution in [0.25, 0.3) is 0 Å². The molecule has 2 fully saturated rings. The fourth-order valence-electron chi connectivity index (χ4n) is 4.21. The van der Waals surface area contributed by atoms with Gasteiger partial charge in [-0.1, -0.05) is 25.5 Å². The summed E-state index contributed by atoms with van der Waals surface area (Å²) in [6.07, 6.45) is 3.94. The molecule has 160 valence electrons. The Morgan fingerprint density at radius 3 is 2.90 bits per heavy atom. The molecule has 2 heterocycles. The first-order chi connectivity index (χ1) is 13.7. The molecule has 0 aliphatic carbocycles. The summed E-state index contributed by atoms with van der Waals surface area (Å²) in [6.45, 7) is 8.02. The molecule has 2 atom stereocenters. The molecule has 0 aromatic heterocycles. The van der Waals surface area contributed by atoms with Crippen molar-refractivity contribution >= 4 is 23.8 Å². The summed E-state index contributed by atoms with van der Waals surface area (Å²) in [4.78, 5) is 26.3. The highest BCUT2D eigenvalue weighted by Gasteiger charge is 2.37. The molecule has 6 nitrogen and oxygen atoms in total. The Bertz CT molecular complexity index is 754. The van der Waals surface area contributed by atoms with Crippen molar-refractivity contribution in [1.82, 2.24) is 10.2 Å². The number of benzene rings is 1. The van der Waals surface area contributed by atoms with E-state index in [9.17, 15) is 9.59 Å². The lowest BCUT2D eigenvalue weighted by molar-refractivity contribution is -0.152. The minimum absolute atomic E-state index is 0.0660. The van der Waals surface area contributed by atoms with E-state index >= 15 is 0 Å². The van der Waals surface area contributed by atoms with E-state index in [1.807, 2.05) is 26.0 Å². The number of amides is 1. The molecule has 1 N–H and O–H groups in total. The quantitative estimate of drug-likeness (QED) is 0.745. The third-order valence-corrected chi connectivity index (χ3v) is 7.15. The molecule has 1 aromatic carbocycles. The molecule has 1 amide bonds. The van der Waals surface area contributed by atoms with E-state index in [0.29, 0.717) is 11.5 Å². The molecule has 7 heteroatoms. The lowest BCUT2D eigenvalue weighted by atomic mass is 9.74. The van der Waals surface area contributed by atoms with E-state index < -0.39 is 23.0 Å². The molecule has 29 heavy (non-hydrogen) atoms. The number of carbonyl (C=O) groups excluding carboxylic acids is 2. The number of carbonyl (C=O) groups is 2. The third-order valence-electron chi connectivity index (χ3n) is 5.87. The number of hydrogen-bond donors (Lipinski definition) is 1. The second-order valence-electron chi connectivity index (χ2n) is 8.57. The average Bonchev–Trinajstić information content (AvgIpc) is 2.86. The maximum Gasteiger partial charge on any atom is 0.413 e. The first-order valence-electron chi connectivity index (χ1n) is 10.4. The van der Waals surface area contributed by atoms with Crippen LogP contribution in [0, 0.1) is 0 Å². The molecule has 3 rings (SSSR count). The highest BCUT2D eigenvalue weighted by Crippen LogP contribution is 2.37. The molecular weight excluding hydrogens is 388 g/mol. The van der Waals surface area contributed by atoms with E-state index in [1.165, 1.54) is 30.2 Å². The van der Waals surface area contributed by atoms with Crippen LogP contribution < -0.4 is 10.1 Å². The van der Waals surface area contributed by atoms with Crippen LogP contribution in [-0.2, 0) is 14.9 Å². The summed E-state index contributed by atoms with van der Waals surface area (Å²) in [5, 5.41) is 2.63. The van der Waals surface area contributed by atoms with Gasteiger partial charge >= 0.3 is 12.1 Å². The van der Waals surface area contributed by atoms with E-state index in [1.54, 1.807) is 6.07 Å². The second kappa shape index (κ2) is 8.96. The number of nitrogens with one attached hydrogen (secondary N) is 1. The van der Waals surface area contributed by atoms with Gasteiger partial charge in [-0.3, -0.25) is 0 Å². The SMILES string of the molecule is CCC1(c2cccc(OC(=O)N[C@H]3CSC(C)(C)OC3=O)c2)CCCCN(C)C1. The average molecular weight is 421 g/mol. The summed E-state index contributed by atoms with van der Waals surface area (Å²) in [6, 6.07) is 7.13. The zero-order chi connectivity index (χ0) is 21.1. The first kappa shape index (κ1) is 22.0. The van der Waals surface area contributed by atoms with Gasteiger partial charge in [0, 0.05) is 17.7 Å². The molecular formula is C22H32N2O4S. The Morgan fingerprint density at radius 1 is 1.38 bits per heavy atom. The highest BCUT2D eigenvalue weighted by molar-refractivity contribution is 8.00. The van der Waals surface area contributed by atoms with Crippen molar-refractivity contribution in [2.24, 2.45) is 0 Å². The van der Waals surface area contributed by atoms with E-state index in [4.69, 9.17) is 9.47 Å². The Morgan fingerprint density at radius 2 is 2.17 bits per heavy atom. The number of esters is 1. The standard InChI is InChI=1S/C22H32N2O4S/c1-5-22(11-6-7-12-24(4)15-22)16-9-8-10-17(13-16)27-20(26)23-18-14-29-21(2,3)28-19(18)25/h8-10,13,18H,5-7,11-12,14-15H2,1-4H3,(H,23,26)/t18-,22?/m0/s1. The van der Waals surface area contributed by atoms with E-state index in [0.717, 1.165) is 25.9 Å². The summed E-state index contributed by atoms with van der Waals surface area (Å²) in [7, 11) is 2.17. The minimum atomic E-state index is -0.693. The zero-order valence-electron chi connectivity index (χ0n) is 17.8. The molecule has 2 aliphatic heterocycles. The van der Waals surface area contributed by atoms with Gasteiger partial charge in [0.1, 0.15) is 11.8 Å². The van der Waals surface area contributed by atoms with Crippen LogP contribution in [0.1, 0.15) is 52.0 Å². The lowest BCUT2D eigenvalue weighted by Gasteiger charge is -2.35. The number of likely N-dealkylation sites (N-methyl/N-ethyl adjacent to an activating group) is 1. The van der Waals surface area contributed by atoms with E-state index in [-0.39, 0.29) is 5.41 Å². The molecule has 2 aliphatic rings. The fraction of sp³-hybridized carbons (Fsp3) is 0.636. The summed E-state index contributed by atoms with van der Waals surface area (Å²) >= 11 is 1.49. The summed E-state index contributed by atoms with van der Waals surface area (Å²) in [5.41, 5.74) is 1.27. The summed E-state index contributed by atoms with van der Waals surface area (Å²) in [5.74, 6) is 0.537. The Kier molecular flexibility index (Phi) is 6.79. The van der Waals surface area contributed by atoms with Crippen LogP contribution in [0.15, 0.2) is 24.3 Å². The lowest BCUT2D eigenvalue weighted by Crippen LogP contribution is -2.50. The van der Waals surface area contributed by atoms with Crippen LogP contribution >= 0.6 is 11.8 Å². The predicted octanol–water partition coefficient (Wildman–Crippen LogP) is 3.93. The number of hydrogen-bond acceptors (Lipinski definition) is 6. The van der Waals surface area contributed by atoms with Crippen molar-refractivity contribution in [3.63, 3.8) is 0 Å². The maximum atomic E-state index is 12.4. The van der Waals surface area contributed by atoms with Crippen molar-refractivity contribution in [3.05, 3.63) is 29.8 Å². The number of likely N-dealkylation sites (tertiary alicyclic amines) is 1. The van der Waals surface area contributed by atoms with Crippen molar-refractivity contribution in [3.8, 4) is 5.75 Å². The summed E-state index contributed by atoms with van der Waals surface area (Å²) < 4.78 is 10.9. The smallest absolute Gasteiger partial charge is 0.413 e. The zero-order valence-corrected chi connectivity index (χ0v) is 18.6. The molecule has 0 radical (unpaired) electrons. The van der Waals surface area contributed by atoms with Gasteiger partial charge in [0.15, 0.2) is 4.93 Å². The number of cyclic esters (lactones) is 1. The van der Waals surface area contributed by atoms with Crippen molar-refractivity contribution < 1.29 is 19.1 Å². The largest absolute Gasteiger partial charge is 0.447 e. The van der Waals surface area contributed by atoms with Gasteiger partial charge in [0.05, 0.1) is 0 Å². The fourth-order valence-corrected chi connectivity index (χ4v) is 5.14. The van der Waals surface area contributed by atoms with Gasteiger partial charge in [0.25, 0.3) is 0 Å². The molecule has 1 aromatic rings. The van der Waals surface area contributed by atoms with Crippen molar-refractivity contribution in [2.75, 3.05) is 25.9 Å². The molecule has 2 saturated heterocycles. The van der Waals surface area contributed by atoms with Crippen molar-refractivity contribution in [1.29, 1.82) is 0 Å². The van der Waals surface area contributed by atoms with Crippen LogP contribution in [-0.4, -0.2) is 53.8 Å². The second-order valence-corrected chi connectivity index (χ2v) is 10.2. The number of rotatable bonds is 4. The Labute approximate surface area is 177 Å². The maximum absolute atomic E-state index is 12.4. The van der Waals surface area contributed by atoms with Crippen LogP contribution in [0.5, 0.6) is 5.75 Å². The van der Waals surface area contributed by atoms with Gasteiger partial charge in [0.2, 0.25) is 0 Å². The van der Waals surface area contributed by atoms with Crippen molar-refractivity contribution in [2.45, 2.75) is 62.8 Å². The minimum Gasteiger partial charge on any atom is -0.447 e. The molecule has 0 spiro atoms. The highest BCUT2D eigenvalue weighted by atomic mass is 32.2. The molecule has 0 bridgehead atoms. The predicted molar refractivity (Wildman–Crippen MR) is 115 cm³/mol. The van der Waals surface area contributed by atoms with Gasteiger partial charge in [-0.25, -0.2) is 9.59 Å². The third kappa shape index (κ3) is 5.45. The number of thioether (sulfide) groups is 1. The van der Waals surface area contributed by atoms with Crippen LogP contribution in [0.4, 0.5) is 4.79 Å². The van der Waals surface area contributed by atoms with Gasteiger partial charge in [-0.2, -0.15) is 0 Å². The van der Waals surface area contributed by atoms with Gasteiger partial charge < -0.3 is 19.7 Å². The topological polar surface area (TPSA) is 67.9 Å². The number of ether oxygens (including phenoxy) is 2. The van der Waals surface area contributed by atoms with Crippen LogP contribution in [0.3, 0.4) is 0 Å². The van der Waals surface area contributed by atoms with Gasteiger partial charge in [-0.05, 0) is 64.4 Å². The number of nitrogens with zero attached hydrogens (tertiary/aromatic N) is 1. The molecule has 0 saturated carbocycles. The monoisotopic (exact) mass is 420 g/mol. The Balaban J connectivity index is 1.68. The van der Waals surface area contributed by atoms with Crippen LogP contribution in [0.2, 0.25) is 0 Å². The normalized spacial score (nSPS) is 27.6. The molecule has 1 unspecified atom stereocenters.